The fraction of sp³-hybridized carbons (Fsp3) is 0.212. The number of carboxylic acids is 1. The van der Waals surface area contributed by atoms with Gasteiger partial charge in [0.2, 0.25) is 0 Å². The molecule has 0 aliphatic heterocycles. The molecule has 1 unspecified atom stereocenters. The van der Waals surface area contributed by atoms with Crippen molar-refractivity contribution in [1.82, 2.24) is 5.32 Å². The van der Waals surface area contributed by atoms with E-state index < -0.39 is 81.4 Å². The molecule has 0 spiro atoms. The first-order chi connectivity index (χ1) is 21.3. The second-order valence-electron chi connectivity index (χ2n) is 10.9. The number of benzene rings is 4. The number of halogens is 8. The average Bonchev–Trinajstić information content (AvgIpc) is 2.97. The quantitative estimate of drug-likeness (QED) is 0.179. The lowest BCUT2D eigenvalue weighted by Crippen LogP contribution is -2.49. The van der Waals surface area contributed by atoms with E-state index >= 15 is 4.39 Å². The summed E-state index contributed by atoms with van der Waals surface area (Å²) < 4.78 is 118. The van der Waals surface area contributed by atoms with Gasteiger partial charge in [0.25, 0.3) is 5.91 Å². The molecule has 242 valence electrons. The fourth-order valence-electron chi connectivity index (χ4n) is 4.73. The highest BCUT2D eigenvalue weighted by molar-refractivity contribution is 5.95. The molecule has 13 heteroatoms. The van der Waals surface area contributed by atoms with Crippen LogP contribution in [0, 0.1) is 11.6 Å². The van der Waals surface area contributed by atoms with Crippen molar-refractivity contribution in [2.45, 2.75) is 43.8 Å². The lowest BCUT2D eigenvalue weighted by atomic mass is 9.77. The number of ether oxygens (including phenoxy) is 1. The largest absolute Gasteiger partial charge is 0.478 e. The van der Waals surface area contributed by atoms with Crippen LogP contribution in [-0.4, -0.2) is 22.6 Å². The monoisotopic (exact) mass is 651 g/mol. The Bertz CT molecular complexity index is 1750. The predicted octanol–water partition coefficient (Wildman–Crippen LogP) is 8.16. The number of alkyl halides is 6. The van der Waals surface area contributed by atoms with Gasteiger partial charge >= 0.3 is 18.3 Å². The van der Waals surface area contributed by atoms with E-state index in [2.05, 4.69) is 5.32 Å². The molecule has 1 atom stereocenters. The van der Waals surface area contributed by atoms with Crippen LogP contribution < -0.4 is 10.1 Å². The predicted molar refractivity (Wildman–Crippen MR) is 150 cm³/mol. The van der Waals surface area contributed by atoms with E-state index in [1.54, 1.807) is 18.2 Å². The first kappa shape index (κ1) is 33.9. The summed E-state index contributed by atoms with van der Waals surface area (Å²) >= 11 is 0. The zero-order valence-electron chi connectivity index (χ0n) is 24.1. The molecule has 0 radical (unpaired) electrons. The molecule has 4 aromatic rings. The van der Waals surface area contributed by atoms with Crippen molar-refractivity contribution in [2.24, 2.45) is 0 Å². The number of carbonyl (C=O) groups excluding carboxylic acids is 1. The van der Waals surface area contributed by atoms with Crippen LogP contribution in [-0.2, 0) is 29.1 Å². The number of amides is 1. The van der Waals surface area contributed by atoms with Gasteiger partial charge in [-0.1, -0.05) is 42.5 Å². The molecule has 0 saturated heterocycles. The molecule has 2 N–H and O–H groups in total. The van der Waals surface area contributed by atoms with Crippen molar-refractivity contribution in [2.75, 3.05) is 0 Å². The Morgan fingerprint density at radius 3 is 1.96 bits per heavy atom. The maximum Gasteiger partial charge on any atom is 0.416 e. The van der Waals surface area contributed by atoms with Crippen LogP contribution >= 0.6 is 0 Å². The smallest absolute Gasteiger partial charge is 0.416 e. The molecule has 46 heavy (non-hydrogen) atoms. The highest BCUT2D eigenvalue weighted by Gasteiger charge is 2.41. The molecule has 4 aromatic carbocycles. The molecule has 0 heterocycles. The Hall–Kier alpha value is -4.94. The first-order valence-corrected chi connectivity index (χ1v) is 13.5. The molecule has 5 nitrogen and oxygen atoms in total. The summed E-state index contributed by atoms with van der Waals surface area (Å²) in [5.41, 5.74) is -7.75. The van der Waals surface area contributed by atoms with Gasteiger partial charge in [0.05, 0.1) is 16.7 Å². The van der Waals surface area contributed by atoms with Crippen molar-refractivity contribution in [3.8, 4) is 5.75 Å². The van der Waals surface area contributed by atoms with Crippen molar-refractivity contribution in [3.05, 3.63) is 136 Å². The number of rotatable bonds is 9. The molecule has 4 rings (SSSR count). The Balaban J connectivity index is 2.04. The molecule has 0 fully saturated rings. The molecule has 0 saturated carbocycles. The highest BCUT2D eigenvalue weighted by Crippen LogP contribution is 2.40. The van der Waals surface area contributed by atoms with Gasteiger partial charge in [-0.25, -0.2) is 13.6 Å². The summed E-state index contributed by atoms with van der Waals surface area (Å²) in [6, 6.07) is 15.3. The third kappa shape index (κ3) is 7.47. The molecule has 0 aliphatic rings. The van der Waals surface area contributed by atoms with Crippen molar-refractivity contribution < 1.29 is 54.6 Å². The third-order valence-electron chi connectivity index (χ3n) is 7.11. The van der Waals surface area contributed by atoms with Gasteiger partial charge in [-0.2, -0.15) is 26.3 Å². The van der Waals surface area contributed by atoms with Gasteiger partial charge < -0.3 is 15.2 Å². The zero-order valence-corrected chi connectivity index (χ0v) is 24.1. The molecule has 0 aliphatic carbocycles. The Labute approximate surface area is 257 Å². The number of carboxylic acid groups (broad SMARTS) is 1. The average molecular weight is 652 g/mol. The van der Waals surface area contributed by atoms with Crippen LogP contribution in [0.2, 0.25) is 0 Å². The Morgan fingerprint density at radius 2 is 1.35 bits per heavy atom. The van der Waals surface area contributed by atoms with Crippen LogP contribution in [0.25, 0.3) is 0 Å². The molecular weight excluding hydrogens is 626 g/mol. The van der Waals surface area contributed by atoms with Crippen LogP contribution in [0.1, 0.15) is 52.0 Å². The van der Waals surface area contributed by atoms with E-state index in [-0.39, 0.29) is 11.6 Å². The minimum absolute atomic E-state index is 0.201. The number of nitrogens with one attached hydrogen (secondary N) is 1. The van der Waals surface area contributed by atoms with Gasteiger partial charge in [0.1, 0.15) is 5.82 Å². The van der Waals surface area contributed by atoms with E-state index in [1.165, 1.54) is 12.1 Å². The van der Waals surface area contributed by atoms with Crippen molar-refractivity contribution >= 4 is 11.9 Å². The lowest BCUT2D eigenvalue weighted by molar-refractivity contribution is -0.152. The van der Waals surface area contributed by atoms with Crippen LogP contribution in [0.5, 0.6) is 5.75 Å². The minimum Gasteiger partial charge on any atom is -0.478 e. The maximum absolute atomic E-state index is 15.0. The Morgan fingerprint density at radius 1 is 0.717 bits per heavy atom. The maximum atomic E-state index is 15.0. The number of carbonyl (C=O) groups is 2. The number of aliphatic carboxylic acids is 1. The zero-order chi connectivity index (χ0) is 34.1. The van der Waals surface area contributed by atoms with E-state index in [0.717, 1.165) is 44.2 Å². The molecule has 0 bridgehead atoms. The van der Waals surface area contributed by atoms with Gasteiger partial charge in [-0.05, 0) is 79.1 Å². The first-order valence-electron chi connectivity index (χ1n) is 13.5. The summed E-state index contributed by atoms with van der Waals surface area (Å²) in [5, 5.41) is 12.0. The van der Waals surface area contributed by atoms with Crippen molar-refractivity contribution in [3.63, 3.8) is 0 Å². The normalized spacial score (nSPS) is 13.5. The van der Waals surface area contributed by atoms with E-state index in [9.17, 15) is 45.4 Å². The molecular formula is C33H25F8NO4. The van der Waals surface area contributed by atoms with E-state index in [0.29, 0.717) is 29.8 Å². The summed E-state index contributed by atoms with van der Waals surface area (Å²) in [6.45, 7) is 2.21. The highest BCUT2D eigenvalue weighted by atomic mass is 19.4. The molecule has 0 aromatic heterocycles. The summed E-state index contributed by atoms with van der Waals surface area (Å²) in [7, 11) is 0. The van der Waals surface area contributed by atoms with E-state index in [1.807, 2.05) is 0 Å². The summed E-state index contributed by atoms with van der Waals surface area (Å²) in [5.74, 6) is -5.81. The van der Waals surface area contributed by atoms with Gasteiger partial charge in [0, 0.05) is 12.0 Å². The van der Waals surface area contributed by atoms with Gasteiger partial charge in [0.15, 0.2) is 17.2 Å². The number of hydrogen-bond acceptors (Lipinski definition) is 3. The van der Waals surface area contributed by atoms with Crippen LogP contribution in [0.4, 0.5) is 35.1 Å². The second kappa shape index (κ2) is 12.5. The summed E-state index contributed by atoms with van der Waals surface area (Å²) in [6.07, 6.45) is -10.3. The Kier molecular flexibility index (Phi) is 9.19. The van der Waals surface area contributed by atoms with Crippen molar-refractivity contribution in [1.29, 1.82) is 0 Å². The number of hydrogen-bond donors (Lipinski definition) is 2. The van der Waals surface area contributed by atoms with Gasteiger partial charge in [-0.15, -0.1) is 0 Å². The van der Waals surface area contributed by atoms with E-state index in [4.69, 9.17) is 4.74 Å². The SMILES string of the molecule is CC(C)(Oc1cc(C(Cc2ccccc2)(NC(=O)c2cccc(C(F)(F)F)c2)c2cc(F)cc(C(F)(F)F)c2)ccc1F)C(=O)O. The summed E-state index contributed by atoms with van der Waals surface area (Å²) in [4.78, 5) is 25.5. The third-order valence-corrected chi connectivity index (χ3v) is 7.11. The van der Waals surface area contributed by atoms with Crippen LogP contribution in [0.15, 0.2) is 91.0 Å². The fourth-order valence-corrected chi connectivity index (χ4v) is 4.73. The minimum atomic E-state index is -5.07. The topological polar surface area (TPSA) is 75.6 Å². The second-order valence-corrected chi connectivity index (χ2v) is 10.9. The van der Waals surface area contributed by atoms with Gasteiger partial charge in [-0.3, -0.25) is 4.79 Å². The lowest BCUT2D eigenvalue weighted by Gasteiger charge is -2.37. The standard InChI is InChI=1S/C33H25F8NO4/c1-30(2,29(44)45)46-27-17-21(11-12-26(27)35)31(18-19-7-4-3-5-8-19,23-14-24(33(39,40)41)16-25(34)15-23)42-28(43)20-9-6-10-22(13-20)32(36,37)38/h3-17H,18H2,1-2H3,(H,42,43)(H,44,45). The van der Waals surface area contributed by atoms with Crippen LogP contribution in [0.3, 0.4) is 0 Å². The molecule has 1 amide bonds.